The molecule has 6 nitrogen and oxygen atoms in total. The maximum absolute atomic E-state index is 11.6. The minimum Gasteiger partial charge on any atom is -0.448 e. The number of hydrogen-bond acceptors (Lipinski definition) is 5. The van der Waals surface area contributed by atoms with Crippen molar-refractivity contribution < 1.29 is 19.1 Å². The highest BCUT2D eigenvalue weighted by atomic mass is 35.5. The second kappa shape index (κ2) is 6.36. The van der Waals surface area contributed by atoms with E-state index >= 15 is 0 Å². The summed E-state index contributed by atoms with van der Waals surface area (Å²) in [7, 11) is 1.37. The average Bonchev–Trinajstić information content (AvgIpc) is 2.75. The Morgan fingerprint density at radius 2 is 2.06 bits per heavy atom. The van der Waals surface area contributed by atoms with E-state index < -0.39 is 24.0 Å². The highest BCUT2D eigenvalue weighted by Crippen LogP contribution is 2.22. The second-order valence-electron chi connectivity index (χ2n) is 3.22. The van der Waals surface area contributed by atoms with E-state index in [4.69, 9.17) is 16.3 Å². The molecule has 0 radical (unpaired) electrons. The van der Waals surface area contributed by atoms with Gasteiger partial charge in [-0.3, -0.25) is 10.1 Å². The predicted molar refractivity (Wildman–Crippen MR) is 66.8 cm³/mol. The van der Waals surface area contributed by atoms with E-state index in [0.29, 0.717) is 9.21 Å². The van der Waals surface area contributed by atoms with Gasteiger partial charge in [0, 0.05) is 7.05 Å². The van der Waals surface area contributed by atoms with Crippen LogP contribution in [0.2, 0.25) is 4.34 Å². The number of rotatable bonds is 3. The lowest BCUT2D eigenvalue weighted by Gasteiger charge is -2.11. The molecule has 0 unspecified atom stereocenters. The van der Waals surface area contributed by atoms with E-state index in [1.165, 1.54) is 20.0 Å². The van der Waals surface area contributed by atoms with Crippen LogP contribution in [-0.2, 0) is 9.53 Å². The van der Waals surface area contributed by atoms with Gasteiger partial charge in [0.1, 0.15) is 4.88 Å². The molecule has 98 valence electrons. The van der Waals surface area contributed by atoms with Gasteiger partial charge >= 0.3 is 12.0 Å². The molecule has 1 atom stereocenters. The lowest BCUT2D eigenvalue weighted by atomic mass is 10.3. The van der Waals surface area contributed by atoms with E-state index in [1.54, 1.807) is 6.07 Å². The highest BCUT2D eigenvalue weighted by molar-refractivity contribution is 7.17. The van der Waals surface area contributed by atoms with E-state index in [1.807, 2.05) is 5.32 Å². The number of imide groups is 1. The fourth-order valence-corrected chi connectivity index (χ4v) is 1.90. The molecule has 0 bridgehead atoms. The molecule has 0 aliphatic rings. The van der Waals surface area contributed by atoms with Crippen molar-refractivity contribution in [1.82, 2.24) is 10.6 Å². The Hall–Kier alpha value is -1.60. The normalized spacial score (nSPS) is 11.5. The number of urea groups is 1. The zero-order valence-corrected chi connectivity index (χ0v) is 11.2. The predicted octanol–water partition coefficient (Wildman–Crippen LogP) is 1.40. The lowest BCUT2D eigenvalue weighted by molar-refractivity contribution is -0.127. The number of ether oxygens (including phenoxy) is 1. The minimum absolute atomic E-state index is 0.291. The third-order valence-electron chi connectivity index (χ3n) is 1.89. The zero-order chi connectivity index (χ0) is 13.7. The molecule has 0 aliphatic carbocycles. The summed E-state index contributed by atoms with van der Waals surface area (Å²) in [6.45, 7) is 1.37. The van der Waals surface area contributed by atoms with Gasteiger partial charge in [0.25, 0.3) is 5.91 Å². The Kier molecular flexibility index (Phi) is 5.11. The highest BCUT2D eigenvalue weighted by Gasteiger charge is 2.21. The van der Waals surface area contributed by atoms with Crippen molar-refractivity contribution >= 4 is 40.8 Å². The van der Waals surface area contributed by atoms with Crippen LogP contribution in [0.25, 0.3) is 0 Å². The number of nitrogens with one attached hydrogen (secondary N) is 2. The third kappa shape index (κ3) is 4.01. The molecule has 0 aromatic carbocycles. The van der Waals surface area contributed by atoms with Crippen molar-refractivity contribution in [1.29, 1.82) is 0 Å². The fraction of sp³-hybridized carbons (Fsp3) is 0.300. The number of carbonyl (C=O) groups excluding carboxylic acids is 3. The van der Waals surface area contributed by atoms with Crippen molar-refractivity contribution in [2.24, 2.45) is 0 Å². The molecule has 0 saturated carbocycles. The van der Waals surface area contributed by atoms with Crippen molar-refractivity contribution in [3.63, 3.8) is 0 Å². The first-order valence-corrected chi connectivity index (χ1v) is 6.12. The zero-order valence-electron chi connectivity index (χ0n) is 9.65. The summed E-state index contributed by atoms with van der Waals surface area (Å²) >= 11 is 6.72. The topological polar surface area (TPSA) is 84.5 Å². The standard InChI is InChI=1S/C10H11ClN2O4S/c1-5(8(14)13-10(16)12-2)17-9(15)6-3-4-7(11)18-6/h3-5H,1-2H3,(H2,12,13,14,16)/t5-/m1/s1. The number of carbonyl (C=O) groups is 3. The molecular formula is C10H11ClN2O4S. The number of esters is 1. The van der Waals surface area contributed by atoms with Crippen LogP contribution in [0, 0.1) is 0 Å². The van der Waals surface area contributed by atoms with Crippen LogP contribution in [0.4, 0.5) is 4.79 Å². The molecule has 1 aromatic heterocycles. The maximum atomic E-state index is 11.6. The summed E-state index contributed by atoms with van der Waals surface area (Å²) in [5.74, 6) is -1.36. The average molecular weight is 291 g/mol. The van der Waals surface area contributed by atoms with Gasteiger partial charge in [-0.1, -0.05) is 11.6 Å². The first-order valence-electron chi connectivity index (χ1n) is 4.93. The quantitative estimate of drug-likeness (QED) is 0.824. The van der Waals surface area contributed by atoms with Gasteiger partial charge in [-0.25, -0.2) is 9.59 Å². The van der Waals surface area contributed by atoms with Gasteiger partial charge in [0.05, 0.1) is 4.34 Å². The molecule has 8 heteroatoms. The summed E-state index contributed by atoms with van der Waals surface area (Å²) in [5.41, 5.74) is 0. The minimum atomic E-state index is -1.07. The molecule has 0 saturated heterocycles. The molecule has 0 aliphatic heterocycles. The van der Waals surface area contributed by atoms with Crippen molar-refractivity contribution in [3.8, 4) is 0 Å². The Morgan fingerprint density at radius 1 is 1.39 bits per heavy atom. The van der Waals surface area contributed by atoms with Gasteiger partial charge in [0.15, 0.2) is 6.10 Å². The second-order valence-corrected chi connectivity index (χ2v) is 4.93. The number of amides is 3. The van der Waals surface area contributed by atoms with Crippen LogP contribution in [-0.4, -0.2) is 31.1 Å². The molecule has 1 rings (SSSR count). The summed E-state index contributed by atoms with van der Waals surface area (Å²) < 4.78 is 5.33. The van der Waals surface area contributed by atoms with Crippen molar-refractivity contribution in [3.05, 3.63) is 21.3 Å². The summed E-state index contributed by atoms with van der Waals surface area (Å²) in [6, 6.07) is 2.39. The van der Waals surface area contributed by atoms with Gasteiger partial charge in [0.2, 0.25) is 0 Å². The van der Waals surface area contributed by atoms with Crippen LogP contribution < -0.4 is 10.6 Å². The Morgan fingerprint density at radius 3 is 2.56 bits per heavy atom. The van der Waals surface area contributed by atoms with Crippen LogP contribution in [0.3, 0.4) is 0 Å². The van der Waals surface area contributed by atoms with Crippen molar-refractivity contribution in [2.75, 3.05) is 7.05 Å². The Bertz CT molecular complexity index is 474. The molecule has 2 N–H and O–H groups in total. The molecule has 1 aromatic rings. The molecule has 18 heavy (non-hydrogen) atoms. The maximum Gasteiger partial charge on any atom is 0.349 e. The Labute approximate surface area is 112 Å². The van der Waals surface area contributed by atoms with Gasteiger partial charge in [-0.15, -0.1) is 11.3 Å². The molecule has 0 spiro atoms. The van der Waals surface area contributed by atoms with Gasteiger partial charge in [-0.2, -0.15) is 0 Å². The summed E-state index contributed by atoms with van der Waals surface area (Å²) in [6.07, 6.45) is -1.07. The Balaban J connectivity index is 2.54. The van der Waals surface area contributed by atoms with Crippen LogP contribution >= 0.6 is 22.9 Å². The van der Waals surface area contributed by atoms with E-state index in [2.05, 4.69) is 5.32 Å². The van der Waals surface area contributed by atoms with Gasteiger partial charge < -0.3 is 10.1 Å². The van der Waals surface area contributed by atoms with E-state index in [9.17, 15) is 14.4 Å². The number of hydrogen-bond donors (Lipinski definition) is 2. The summed E-state index contributed by atoms with van der Waals surface area (Å²) in [5, 5.41) is 4.21. The van der Waals surface area contributed by atoms with E-state index in [0.717, 1.165) is 11.3 Å². The summed E-state index contributed by atoms with van der Waals surface area (Å²) in [4.78, 5) is 34.2. The third-order valence-corrected chi connectivity index (χ3v) is 3.10. The molecule has 3 amide bonds. The lowest BCUT2D eigenvalue weighted by Crippen LogP contribution is -2.43. The SMILES string of the molecule is CNC(=O)NC(=O)[C@@H](C)OC(=O)c1ccc(Cl)s1. The number of halogens is 1. The molecule has 0 fully saturated rings. The number of thiophene rings is 1. The van der Waals surface area contributed by atoms with Crippen LogP contribution in [0.15, 0.2) is 12.1 Å². The smallest absolute Gasteiger partial charge is 0.349 e. The fourth-order valence-electron chi connectivity index (χ4n) is 0.972. The molecule has 1 heterocycles. The monoisotopic (exact) mass is 290 g/mol. The van der Waals surface area contributed by atoms with Crippen LogP contribution in [0.1, 0.15) is 16.6 Å². The van der Waals surface area contributed by atoms with Crippen molar-refractivity contribution in [2.45, 2.75) is 13.0 Å². The largest absolute Gasteiger partial charge is 0.448 e. The van der Waals surface area contributed by atoms with Gasteiger partial charge in [-0.05, 0) is 19.1 Å². The van der Waals surface area contributed by atoms with E-state index in [-0.39, 0.29) is 0 Å². The first-order chi connectivity index (χ1) is 8.43. The molecular weight excluding hydrogens is 280 g/mol. The first kappa shape index (κ1) is 14.5. The van der Waals surface area contributed by atoms with Crippen LogP contribution in [0.5, 0.6) is 0 Å².